The lowest BCUT2D eigenvalue weighted by atomic mass is 9.98. The van der Waals surface area contributed by atoms with Crippen LogP contribution >= 0.6 is 0 Å². The fourth-order valence-electron chi connectivity index (χ4n) is 4.35. The summed E-state index contributed by atoms with van der Waals surface area (Å²) in [6.07, 6.45) is 8.76. The minimum atomic E-state index is 0.124. The molecule has 0 N–H and O–H groups in total. The number of pyridine rings is 1. The van der Waals surface area contributed by atoms with Crippen LogP contribution in [0.4, 0.5) is 0 Å². The van der Waals surface area contributed by atoms with Crippen molar-refractivity contribution in [3.8, 4) is 0 Å². The number of aromatic nitrogens is 4. The average molecular weight is 333 g/mol. The molecule has 2 aliphatic heterocycles. The third kappa shape index (κ3) is 2.24. The van der Waals surface area contributed by atoms with E-state index in [1.807, 2.05) is 35.8 Å². The van der Waals surface area contributed by atoms with Crippen LogP contribution in [-0.2, 0) is 17.6 Å². The van der Waals surface area contributed by atoms with Crippen molar-refractivity contribution in [2.45, 2.75) is 44.7 Å². The zero-order valence-electron chi connectivity index (χ0n) is 14.1. The van der Waals surface area contributed by atoms with Crippen molar-refractivity contribution in [1.29, 1.82) is 0 Å². The molecule has 2 bridgehead atoms. The Morgan fingerprint density at radius 2 is 2.24 bits per heavy atom. The van der Waals surface area contributed by atoms with E-state index in [-0.39, 0.29) is 18.0 Å². The number of amides is 1. The van der Waals surface area contributed by atoms with E-state index in [4.69, 9.17) is 0 Å². The van der Waals surface area contributed by atoms with Crippen LogP contribution in [0, 0.1) is 6.92 Å². The first-order chi connectivity index (χ1) is 12.2. The topological polar surface area (TPSA) is 63.4 Å². The summed E-state index contributed by atoms with van der Waals surface area (Å²) in [6, 6.07) is 6.23. The molecule has 0 aliphatic carbocycles. The Bertz CT molecular complexity index is 965. The van der Waals surface area contributed by atoms with Crippen molar-refractivity contribution in [2.24, 2.45) is 0 Å². The first-order valence-electron chi connectivity index (χ1n) is 8.75. The summed E-state index contributed by atoms with van der Waals surface area (Å²) >= 11 is 0. The van der Waals surface area contributed by atoms with Crippen LogP contribution in [0.15, 0.2) is 36.8 Å². The normalized spacial score (nSPS) is 21.6. The zero-order valence-corrected chi connectivity index (χ0v) is 14.1. The van der Waals surface area contributed by atoms with Gasteiger partial charge in [-0.3, -0.25) is 9.78 Å². The van der Waals surface area contributed by atoms with E-state index < -0.39 is 0 Å². The quantitative estimate of drug-likeness (QED) is 0.722. The van der Waals surface area contributed by atoms with E-state index in [2.05, 4.69) is 20.0 Å². The van der Waals surface area contributed by atoms with E-state index in [1.54, 1.807) is 12.4 Å². The summed E-state index contributed by atoms with van der Waals surface area (Å²) in [7, 11) is 0. The molecule has 2 aliphatic rings. The molecular weight excluding hydrogens is 314 g/mol. The molecule has 1 fully saturated rings. The lowest BCUT2D eigenvalue weighted by Crippen LogP contribution is -2.43. The molecule has 6 heteroatoms. The van der Waals surface area contributed by atoms with Gasteiger partial charge in [-0.05, 0) is 31.4 Å². The van der Waals surface area contributed by atoms with Crippen molar-refractivity contribution in [3.05, 3.63) is 59.3 Å². The first-order valence-corrected chi connectivity index (χ1v) is 8.75. The highest BCUT2D eigenvalue weighted by atomic mass is 16.2. The SMILES string of the molecule is Cc1cc2ncc3c(n2n1)C[C@@H]1CC[C@H]3N1C(=O)Cc1cccnc1. The first kappa shape index (κ1) is 14.6. The Hall–Kier alpha value is -2.76. The summed E-state index contributed by atoms with van der Waals surface area (Å²) in [5.74, 6) is 0.183. The molecule has 6 nitrogen and oxygen atoms in total. The van der Waals surface area contributed by atoms with Crippen LogP contribution in [-0.4, -0.2) is 36.4 Å². The lowest BCUT2D eigenvalue weighted by molar-refractivity contribution is -0.134. The van der Waals surface area contributed by atoms with Gasteiger partial charge in [-0.2, -0.15) is 5.10 Å². The van der Waals surface area contributed by atoms with Gasteiger partial charge in [0.2, 0.25) is 5.91 Å². The molecule has 0 spiro atoms. The van der Waals surface area contributed by atoms with Crippen LogP contribution in [0.1, 0.15) is 41.4 Å². The number of nitrogens with zero attached hydrogens (tertiary/aromatic N) is 5. The molecule has 0 aromatic carbocycles. The van der Waals surface area contributed by atoms with Crippen LogP contribution in [0.5, 0.6) is 0 Å². The van der Waals surface area contributed by atoms with E-state index in [0.717, 1.165) is 41.7 Å². The maximum atomic E-state index is 13.0. The Kier molecular flexibility index (Phi) is 3.13. The summed E-state index contributed by atoms with van der Waals surface area (Å²) in [6.45, 7) is 1.99. The fraction of sp³-hybridized carbons (Fsp3) is 0.368. The van der Waals surface area contributed by atoms with Gasteiger partial charge in [0.25, 0.3) is 0 Å². The average Bonchev–Trinajstić information content (AvgIpc) is 3.15. The van der Waals surface area contributed by atoms with Crippen molar-refractivity contribution in [3.63, 3.8) is 0 Å². The maximum absolute atomic E-state index is 13.0. The number of hydrogen-bond acceptors (Lipinski definition) is 4. The van der Waals surface area contributed by atoms with Crippen molar-refractivity contribution in [1.82, 2.24) is 24.5 Å². The van der Waals surface area contributed by atoms with Gasteiger partial charge in [-0.25, -0.2) is 9.50 Å². The van der Waals surface area contributed by atoms with Crippen molar-refractivity contribution in [2.75, 3.05) is 0 Å². The van der Waals surface area contributed by atoms with Crippen LogP contribution in [0.3, 0.4) is 0 Å². The van der Waals surface area contributed by atoms with E-state index in [1.165, 1.54) is 5.69 Å². The largest absolute Gasteiger partial charge is 0.332 e. The van der Waals surface area contributed by atoms with E-state index in [9.17, 15) is 4.79 Å². The van der Waals surface area contributed by atoms with Crippen LogP contribution in [0.25, 0.3) is 5.65 Å². The molecule has 1 saturated heterocycles. The second kappa shape index (κ2) is 5.37. The number of fused-ring (bicyclic) bond motifs is 6. The predicted octanol–water partition coefficient (Wildman–Crippen LogP) is 2.26. The molecule has 5 rings (SSSR count). The summed E-state index contributed by atoms with van der Waals surface area (Å²) in [5.41, 5.74) is 5.21. The van der Waals surface area contributed by atoms with Gasteiger partial charge < -0.3 is 4.90 Å². The molecule has 1 amide bonds. The van der Waals surface area contributed by atoms with Crippen LogP contribution in [0.2, 0.25) is 0 Å². The monoisotopic (exact) mass is 333 g/mol. The van der Waals surface area contributed by atoms with Gasteiger partial charge >= 0.3 is 0 Å². The Balaban J connectivity index is 1.51. The van der Waals surface area contributed by atoms with Gasteiger partial charge in [-0.15, -0.1) is 0 Å². The third-order valence-corrected chi connectivity index (χ3v) is 5.39. The number of hydrogen-bond donors (Lipinski definition) is 0. The molecular formula is C19H19N5O. The number of carbonyl (C=O) groups is 1. The molecule has 0 radical (unpaired) electrons. The Labute approximate surface area is 145 Å². The Morgan fingerprint density at radius 3 is 3.08 bits per heavy atom. The van der Waals surface area contributed by atoms with E-state index >= 15 is 0 Å². The minimum absolute atomic E-state index is 0.124. The minimum Gasteiger partial charge on any atom is -0.332 e. The highest BCUT2D eigenvalue weighted by Crippen LogP contribution is 2.43. The number of aryl methyl sites for hydroxylation is 1. The van der Waals surface area contributed by atoms with Gasteiger partial charge in [0.15, 0.2) is 5.65 Å². The Morgan fingerprint density at radius 1 is 1.32 bits per heavy atom. The summed E-state index contributed by atoms with van der Waals surface area (Å²) in [4.78, 5) is 23.7. The zero-order chi connectivity index (χ0) is 17.0. The summed E-state index contributed by atoms with van der Waals surface area (Å²) < 4.78 is 1.97. The van der Waals surface area contributed by atoms with E-state index in [0.29, 0.717) is 6.42 Å². The highest BCUT2D eigenvalue weighted by molar-refractivity contribution is 5.80. The van der Waals surface area contributed by atoms with Gasteiger partial charge in [-0.1, -0.05) is 6.07 Å². The molecule has 25 heavy (non-hydrogen) atoms. The second-order valence-electron chi connectivity index (χ2n) is 7.01. The molecule has 3 aromatic heterocycles. The van der Waals surface area contributed by atoms with Crippen molar-refractivity contribution >= 4 is 11.6 Å². The fourth-order valence-corrected chi connectivity index (χ4v) is 4.35. The molecule has 126 valence electrons. The molecule has 5 heterocycles. The van der Waals surface area contributed by atoms with Gasteiger partial charge in [0.05, 0.1) is 23.9 Å². The molecule has 0 unspecified atom stereocenters. The van der Waals surface area contributed by atoms with Gasteiger partial charge in [0, 0.05) is 42.7 Å². The van der Waals surface area contributed by atoms with Crippen LogP contribution < -0.4 is 0 Å². The smallest absolute Gasteiger partial charge is 0.227 e. The standard InChI is InChI=1S/C19H19N5O/c1-12-7-18-21-11-15-16-5-4-14(9-17(15)24(18)22-12)23(16)19(25)8-13-3-2-6-20-10-13/h2-3,6-7,10-11,14,16H,4-5,8-9H2,1H3/t14-,16+/m0/s1. The number of rotatable bonds is 2. The highest BCUT2D eigenvalue weighted by Gasteiger charge is 2.43. The lowest BCUT2D eigenvalue weighted by Gasteiger charge is -2.36. The molecule has 3 aromatic rings. The summed E-state index contributed by atoms with van der Waals surface area (Å²) in [5, 5.41) is 4.60. The van der Waals surface area contributed by atoms with Crippen molar-refractivity contribution < 1.29 is 4.79 Å². The molecule has 2 atom stereocenters. The predicted molar refractivity (Wildman–Crippen MR) is 92.0 cm³/mol. The number of carbonyl (C=O) groups excluding carboxylic acids is 1. The molecule has 0 saturated carbocycles. The third-order valence-electron chi connectivity index (χ3n) is 5.39. The second-order valence-corrected chi connectivity index (χ2v) is 7.01. The van der Waals surface area contributed by atoms with Gasteiger partial charge in [0.1, 0.15) is 0 Å². The maximum Gasteiger partial charge on any atom is 0.227 e.